The number of likely N-dealkylation sites (tertiary alicyclic amines) is 1. The number of anilines is 1. The molecule has 5 heteroatoms. The lowest BCUT2D eigenvalue weighted by atomic mass is 10.0. The highest BCUT2D eigenvalue weighted by Crippen LogP contribution is 2.35. The van der Waals surface area contributed by atoms with Crippen LogP contribution in [0, 0.1) is 5.92 Å². The fourth-order valence-corrected chi connectivity index (χ4v) is 3.93. The van der Waals surface area contributed by atoms with E-state index in [9.17, 15) is 9.59 Å². The highest BCUT2D eigenvalue weighted by atomic mass is 16.2. The summed E-state index contributed by atoms with van der Waals surface area (Å²) in [6, 6.07) is 13.7. The first-order chi connectivity index (χ1) is 12.2. The number of hydrogen-bond acceptors (Lipinski definition) is 3. The largest absolute Gasteiger partial charge is 0.335 e. The maximum Gasteiger partial charge on any atom is 0.228 e. The van der Waals surface area contributed by atoms with Crippen LogP contribution in [0.2, 0.25) is 0 Å². The van der Waals surface area contributed by atoms with E-state index < -0.39 is 0 Å². The minimum Gasteiger partial charge on any atom is -0.335 e. The fourth-order valence-electron chi connectivity index (χ4n) is 3.93. The maximum absolute atomic E-state index is 13.1. The van der Waals surface area contributed by atoms with Gasteiger partial charge in [0.2, 0.25) is 11.8 Å². The van der Waals surface area contributed by atoms with E-state index in [4.69, 9.17) is 0 Å². The van der Waals surface area contributed by atoms with Crippen LogP contribution in [0.4, 0.5) is 5.69 Å². The molecule has 0 radical (unpaired) electrons. The van der Waals surface area contributed by atoms with Gasteiger partial charge >= 0.3 is 0 Å². The number of para-hydroxylation sites is 1. The zero-order chi connectivity index (χ0) is 17.2. The van der Waals surface area contributed by atoms with Crippen LogP contribution in [0.15, 0.2) is 54.9 Å². The van der Waals surface area contributed by atoms with Gasteiger partial charge in [0.1, 0.15) is 0 Å². The average molecular weight is 335 g/mol. The molecule has 0 bridgehead atoms. The van der Waals surface area contributed by atoms with Crippen LogP contribution in [0.5, 0.6) is 0 Å². The number of hydrogen-bond donors (Lipinski definition) is 0. The molecule has 0 N–H and O–H groups in total. The smallest absolute Gasteiger partial charge is 0.228 e. The van der Waals surface area contributed by atoms with Gasteiger partial charge in [0.25, 0.3) is 0 Å². The lowest BCUT2D eigenvalue weighted by molar-refractivity contribution is -0.136. The summed E-state index contributed by atoms with van der Waals surface area (Å²) in [7, 11) is 0. The van der Waals surface area contributed by atoms with E-state index in [2.05, 4.69) is 4.98 Å². The molecule has 5 nitrogen and oxygen atoms in total. The van der Waals surface area contributed by atoms with Gasteiger partial charge in [-0.25, -0.2) is 0 Å². The van der Waals surface area contributed by atoms with Crippen molar-refractivity contribution < 1.29 is 9.59 Å². The van der Waals surface area contributed by atoms with Crippen LogP contribution in [0.25, 0.3) is 0 Å². The van der Waals surface area contributed by atoms with Crippen molar-refractivity contribution in [2.75, 3.05) is 18.0 Å². The second-order valence-electron chi connectivity index (χ2n) is 6.71. The van der Waals surface area contributed by atoms with Crippen LogP contribution < -0.4 is 4.90 Å². The first-order valence-electron chi connectivity index (χ1n) is 8.80. The standard InChI is InChI=1S/C20H21N3O2/c24-19-13-16(14-23(19)17-5-2-1-3-6-17)20(25)22-12-4-7-18(22)15-8-10-21-11-9-15/h1-3,5-6,8-11,16,18H,4,7,12-14H2/t16-,18-/m0/s1. The number of benzene rings is 1. The molecule has 1 aromatic carbocycles. The molecule has 2 amide bonds. The quantitative estimate of drug-likeness (QED) is 0.867. The normalized spacial score (nSPS) is 23.3. The molecule has 2 aliphatic rings. The summed E-state index contributed by atoms with van der Waals surface area (Å²) < 4.78 is 0. The number of nitrogens with zero attached hydrogens (tertiary/aromatic N) is 3. The Kier molecular flexibility index (Phi) is 4.22. The summed E-state index contributed by atoms with van der Waals surface area (Å²) >= 11 is 0. The highest BCUT2D eigenvalue weighted by Gasteiger charge is 2.40. The van der Waals surface area contributed by atoms with Crippen molar-refractivity contribution in [2.24, 2.45) is 5.92 Å². The van der Waals surface area contributed by atoms with Crippen molar-refractivity contribution in [3.8, 4) is 0 Å². The molecule has 2 atom stereocenters. The van der Waals surface area contributed by atoms with Crippen LogP contribution in [0.3, 0.4) is 0 Å². The van der Waals surface area contributed by atoms with Gasteiger partial charge in [-0.3, -0.25) is 14.6 Å². The third kappa shape index (κ3) is 3.02. The Morgan fingerprint density at radius 3 is 2.60 bits per heavy atom. The Balaban J connectivity index is 1.50. The maximum atomic E-state index is 13.1. The van der Waals surface area contributed by atoms with Crippen LogP contribution in [-0.2, 0) is 9.59 Å². The molecule has 25 heavy (non-hydrogen) atoms. The third-order valence-corrected chi connectivity index (χ3v) is 5.17. The van der Waals surface area contributed by atoms with Crippen LogP contribution in [-0.4, -0.2) is 34.8 Å². The molecule has 2 aliphatic heterocycles. The molecule has 2 fully saturated rings. The minimum atomic E-state index is -0.254. The number of carbonyl (C=O) groups excluding carboxylic acids is 2. The Bertz CT molecular complexity index is 763. The molecule has 1 aromatic heterocycles. The molecule has 0 spiro atoms. The topological polar surface area (TPSA) is 53.5 Å². The molecule has 0 unspecified atom stereocenters. The van der Waals surface area contributed by atoms with E-state index in [-0.39, 0.29) is 23.8 Å². The lowest BCUT2D eigenvalue weighted by Gasteiger charge is -2.27. The number of amides is 2. The van der Waals surface area contributed by atoms with Crippen molar-refractivity contribution in [1.29, 1.82) is 0 Å². The van der Waals surface area contributed by atoms with Crippen LogP contribution in [0.1, 0.15) is 30.9 Å². The Hall–Kier alpha value is -2.69. The zero-order valence-electron chi connectivity index (χ0n) is 14.0. The van der Waals surface area contributed by atoms with Gasteiger partial charge in [-0.05, 0) is 42.7 Å². The number of pyridine rings is 1. The minimum absolute atomic E-state index is 0.0317. The van der Waals surface area contributed by atoms with E-state index in [1.165, 1.54) is 0 Å². The van der Waals surface area contributed by atoms with Crippen LogP contribution >= 0.6 is 0 Å². The molecule has 2 aromatic rings. The molecule has 3 heterocycles. The molecule has 4 rings (SSSR count). The van der Waals surface area contributed by atoms with E-state index in [0.717, 1.165) is 30.6 Å². The van der Waals surface area contributed by atoms with Crippen molar-refractivity contribution in [3.05, 3.63) is 60.4 Å². The molecular formula is C20H21N3O2. The van der Waals surface area contributed by atoms with Gasteiger partial charge in [0.15, 0.2) is 0 Å². The average Bonchev–Trinajstić information content (AvgIpc) is 3.29. The molecular weight excluding hydrogens is 314 g/mol. The lowest BCUT2D eigenvalue weighted by Crippen LogP contribution is -2.37. The predicted octanol–water partition coefficient (Wildman–Crippen LogP) is 2.80. The first kappa shape index (κ1) is 15.8. The summed E-state index contributed by atoms with van der Waals surface area (Å²) in [5.74, 6) is -0.120. The summed E-state index contributed by atoms with van der Waals surface area (Å²) in [4.78, 5) is 33.2. The van der Waals surface area contributed by atoms with Crippen molar-refractivity contribution in [1.82, 2.24) is 9.88 Å². The first-order valence-corrected chi connectivity index (χ1v) is 8.80. The summed E-state index contributed by atoms with van der Waals surface area (Å²) in [5, 5.41) is 0. The Morgan fingerprint density at radius 2 is 1.84 bits per heavy atom. The van der Waals surface area contributed by atoms with Gasteiger partial charge in [-0.15, -0.1) is 0 Å². The fraction of sp³-hybridized carbons (Fsp3) is 0.350. The third-order valence-electron chi connectivity index (χ3n) is 5.17. The molecule has 0 aliphatic carbocycles. The van der Waals surface area contributed by atoms with Gasteiger partial charge in [-0.2, -0.15) is 0 Å². The van der Waals surface area contributed by atoms with E-state index in [0.29, 0.717) is 13.0 Å². The summed E-state index contributed by atoms with van der Waals surface area (Å²) in [5.41, 5.74) is 2.00. The molecule has 0 saturated carbocycles. The zero-order valence-corrected chi connectivity index (χ0v) is 14.0. The number of carbonyl (C=O) groups is 2. The predicted molar refractivity (Wildman–Crippen MR) is 94.8 cm³/mol. The van der Waals surface area contributed by atoms with E-state index >= 15 is 0 Å². The Morgan fingerprint density at radius 1 is 1.08 bits per heavy atom. The highest BCUT2D eigenvalue weighted by molar-refractivity contribution is 6.00. The van der Waals surface area contributed by atoms with Gasteiger partial charge in [0, 0.05) is 37.6 Å². The Labute approximate surface area is 147 Å². The summed E-state index contributed by atoms with van der Waals surface area (Å²) in [6.07, 6.45) is 5.81. The molecule has 128 valence electrons. The van der Waals surface area contributed by atoms with Crippen molar-refractivity contribution in [3.63, 3.8) is 0 Å². The van der Waals surface area contributed by atoms with Gasteiger partial charge < -0.3 is 9.80 Å². The second kappa shape index (κ2) is 6.67. The van der Waals surface area contributed by atoms with Gasteiger partial charge in [-0.1, -0.05) is 18.2 Å². The monoisotopic (exact) mass is 335 g/mol. The summed E-state index contributed by atoms with van der Waals surface area (Å²) in [6.45, 7) is 1.24. The van der Waals surface area contributed by atoms with E-state index in [1.54, 1.807) is 17.3 Å². The van der Waals surface area contributed by atoms with Crippen molar-refractivity contribution >= 4 is 17.5 Å². The number of rotatable bonds is 3. The SMILES string of the molecule is O=C1C[C@H](C(=O)N2CCC[C@H]2c2ccncc2)CN1c1ccccc1. The number of aromatic nitrogens is 1. The van der Waals surface area contributed by atoms with E-state index in [1.807, 2.05) is 47.4 Å². The second-order valence-corrected chi connectivity index (χ2v) is 6.71. The molecule has 2 saturated heterocycles. The van der Waals surface area contributed by atoms with Gasteiger partial charge in [0.05, 0.1) is 12.0 Å². The van der Waals surface area contributed by atoms with Crippen molar-refractivity contribution in [2.45, 2.75) is 25.3 Å².